The van der Waals surface area contributed by atoms with E-state index in [0.29, 0.717) is 11.6 Å². The lowest BCUT2D eigenvalue weighted by atomic mass is 10.0. The van der Waals surface area contributed by atoms with Crippen LogP contribution >= 0.6 is 11.6 Å². The van der Waals surface area contributed by atoms with Crippen molar-refractivity contribution < 1.29 is 4.79 Å². The highest BCUT2D eigenvalue weighted by molar-refractivity contribution is 6.17. The molecule has 5 heteroatoms. The van der Waals surface area contributed by atoms with E-state index in [2.05, 4.69) is 10.3 Å². The van der Waals surface area contributed by atoms with Gasteiger partial charge in [-0.2, -0.15) is 0 Å². The number of hydrogen-bond donors (Lipinski definition) is 1. The number of halogens is 1. The summed E-state index contributed by atoms with van der Waals surface area (Å²) in [5, 5.41) is 2.93. The summed E-state index contributed by atoms with van der Waals surface area (Å²) in [7, 11) is 1.85. The van der Waals surface area contributed by atoms with Crippen LogP contribution in [0.25, 0.3) is 0 Å². The quantitative estimate of drug-likeness (QED) is 0.796. The van der Waals surface area contributed by atoms with E-state index in [4.69, 9.17) is 11.6 Å². The van der Waals surface area contributed by atoms with Gasteiger partial charge in [0, 0.05) is 25.7 Å². The minimum Gasteiger partial charge on any atom is -0.350 e. The molecular formula is C11H16ClN3O. The second kappa shape index (κ2) is 4.45. The van der Waals surface area contributed by atoms with Gasteiger partial charge in [-0.25, -0.2) is 4.98 Å². The molecule has 1 aliphatic rings. The van der Waals surface area contributed by atoms with Crippen molar-refractivity contribution >= 4 is 17.5 Å². The van der Waals surface area contributed by atoms with Crippen LogP contribution < -0.4 is 5.32 Å². The van der Waals surface area contributed by atoms with Crippen LogP contribution in [0.2, 0.25) is 0 Å². The molecule has 1 amide bonds. The molecule has 4 nitrogen and oxygen atoms in total. The number of imidazole rings is 1. The number of carbonyl (C=O) groups excluding carboxylic acids is 1. The number of alkyl halides is 1. The lowest BCUT2D eigenvalue weighted by Gasteiger charge is -2.13. The molecule has 0 radical (unpaired) electrons. The largest absolute Gasteiger partial charge is 0.350 e. The number of aromatic nitrogens is 2. The second-order valence-electron chi connectivity index (χ2n) is 4.55. The Balaban J connectivity index is 1.84. The van der Waals surface area contributed by atoms with Crippen LogP contribution in [-0.2, 0) is 7.05 Å². The van der Waals surface area contributed by atoms with E-state index in [1.165, 1.54) is 12.8 Å². The number of hydrogen-bond acceptors (Lipinski definition) is 2. The van der Waals surface area contributed by atoms with Crippen molar-refractivity contribution in [3.8, 4) is 0 Å². The van der Waals surface area contributed by atoms with Crippen molar-refractivity contribution in [1.29, 1.82) is 0 Å². The zero-order chi connectivity index (χ0) is 11.6. The molecule has 1 saturated carbocycles. The van der Waals surface area contributed by atoms with E-state index in [1.807, 2.05) is 7.05 Å². The van der Waals surface area contributed by atoms with Crippen LogP contribution in [0.3, 0.4) is 0 Å². The molecule has 1 heterocycles. The molecule has 0 saturated heterocycles. The molecule has 1 aromatic heterocycles. The number of amides is 1. The summed E-state index contributed by atoms with van der Waals surface area (Å²) in [6, 6.07) is 0. The van der Waals surface area contributed by atoms with Crippen molar-refractivity contribution in [2.24, 2.45) is 12.5 Å². The van der Waals surface area contributed by atoms with Gasteiger partial charge < -0.3 is 9.88 Å². The topological polar surface area (TPSA) is 46.9 Å². The van der Waals surface area contributed by atoms with E-state index in [-0.39, 0.29) is 11.3 Å². The summed E-state index contributed by atoms with van der Waals surface area (Å²) >= 11 is 5.73. The van der Waals surface area contributed by atoms with Gasteiger partial charge in [0.2, 0.25) is 0 Å². The number of rotatable bonds is 5. The van der Waals surface area contributed by atoms with Gasteiger partial charge >= 0.3 is 0 Å². The molecular weight excluding hydrogens is 226 g/mol. The summed E-state index contributed by atoms with van der Waals surface area (Å²) in [5.74, 6) is 0.570. The predicted octanol–water partition coefficient (Wildman–Crippen LogP) is 1.56. The zero-order valence-electron chi connectivity index (χ0n) is 9.37. The van der Waals surface area contributed by atoms with Crippen LogP contribution in [0.4, 0.5) is 0 Å². The average Bonchev–Trinajstić information content (AvgIpc) is 2.89. The highest BCUT2D eigenvalue weighted by Gasteiger charge is 2.41. The van der Waals surface area contributed by atoms with Crippen LogP contribution in [0.15, 0.2) is 12.5 Å². The Morgan fingerprint density at radius 2 is 2.44 bits per heavy atom. The van der Waals surface area contributed by atoms with Crippen LogP contribution in [0.1, 0.15) is 29.8 Å². The number of aryl methyl sites for hydroxylation is 1. The van der Waals surface area contributed by atoms with Gasteiger partial charge in [-0.05, 0) is 24.7 Å². The first-order valence-electron chi connectivity index (χ1n) is 5.47. The fourth-order valence-electron chi connectivity index (χ4n) is 1.78. The minimum atomic E-state index is -0.0959. The van der Waals surface area contributed by atoms with Crippen LogP contribution in [-0.4, -0.2) is 27.9 Å². The first-order chi connectivity index (χ1) is 7.65. The molecule has 1 aromatic rings. The second-order valence-corrected chi connectivity index (χ2v) is 4.92. The summed E-state index contributed by atoms with van der Waals surface area (Å²) in [4.78, 5) is 15.7. The standard InChI is InChI=1S/C11H16ClN3O/c1-15-6-9(14-8-15)10(16)13-7-11(2-3-11)4-5-12/h6,8H,2-5,7H2,1H3,(H,13,16). The minimum absolute atomic E-state index is 0.0959. The molecule has 1 aliphatic carbocycles. The van der Waals surface area contributed by atoms with Crippen molar-refractivity contribution in [1.82, 2.24) is 14.9 Å². The molecule has 0 unspecified atom stereocenters. The lowest BCUT2D eigenvalue weighted by Crippen LogP contribution is -2.30. The molecule has 0 aromatic carbocycles. The number of nitrogens with zero attached hydrogens (tertiary/aromatic N) is 2. The Labute approximate surface area is 100.0 Å². The first kappa shape index (κ1) is 11.5. The van der Waals surface area contributed by atoms with E-state index in [1.54, 1.807) is 17.1 Å². The molecule has 1 N–H and O–H groups in total. The van der Waals surface area contributed by atoms with Crippen molar-refractivity contribution in [3.63, 3.8) is 0 Å². The van der Waals surface area contributed by atoms with E-state index in [0.717, 1.165) is 13.0 Å². The van der Waals surface area contributed by atoms with E-state index in [9.17, 15) is 4.79 Å². The third kappa shape index (κ3) is 2.55. The molecule has 1 fully saturated rings. The number of carbonyl (C=O) groups is 1. The SMILES string of the molecule is Cn1cnc(C(=O)NCC2(CCCl)CC2)c1. The summed E-state index contributed by atoms with van der Waals surface area (Å²) < 4.78 is 1.76. The molecule has 2 rings (SSSR count). The van der Waals surface area contributed by atoms with Gasteiger partial charge in [-0.3, -0.25) is 4.79 Å². The first-order valence-corrected chi connectivity index (χ1v) is 6.01. The van der Waals surface area contributed by atoms with Gasteiger partial charge in [0.1, 0.15) is 5.69 Å². The van der Waals surface area contributed by atoms with Crippen molar-refractivity contribution in [2.75, 3.05) is 12.4 Å². The lowest BCUT2D eigenvalue weighted by molar-refractivity contribution is 0.0940. The Bertz CT molecular complexity index is 384. The summed E-state index contributed by atoms with van der Waals surface area (Å²) in [6.45, 7) is 0.717. The van der Waals surface area contributed by atoms with E-state index >= 15 is 0 Å². The molecule has 16 heavy (non-hydrogen) atoms. The molecule has 0 bridgehead atoms. The monoisotopic (exact) mass is 241 g/mol. The van der Waals surface area contributed by atoms with Crippen molar-refractivity contribution in [2.45, 2.75) is 19.3 Å². The van der Waals surface area contributed by atoms with Gasteiger partial charge in [0.25, 0.3) is 5.91 Å². The number of nitrogens with one attached hydrogen (secondary N) is 1. The fourth-order valence-corrected chi connectivity index (χ4v) is 2.18. The highest BCUT2D eigenvalue weighted by atomic mass is 35.5. The predicted molar refractivity (Wildman–Crippen MR) is 62.5 cm³/mol. The molecule has 88 valence electrons. The summed E-state index contributed by atoms with van der Waals surface area (Å²) in [5.41, 5.74) is 0.746. The average molecular weight is 242 g/mol. The van der Waals surface area contributed by atoms with Gasteiger partial charge in [-0.15, -0.1) is 11.6 Å². The van der Waals surface area contributed by atoms with Crippen LogP contribution in [0.5, 0.6) is 0 Å². The smallest absolute Gasteiger partial charge is 0.271 e. The Kier molecular flexibility index (Phi) is 3.19. The van der Waals surface area contributed by atoms with Gasteiger partial charge in [0.15, 0.2) is 0 Å². The molecule has 0 spiro atoms. The maximum absolute atomic E-state index is 11.7. The van der Waals surface area contributed by atoms with Crippen molar-refractivity contribution in [3.05, 3.63) is 18.2 Å². The Hall–Kier alpha value is -1.03. The van der Waals surface area contributed by atoms with Crippen LogP contribution in [0, 0.1) is 5.41 Å². The maximum Gasteiger partial charge on any atom is 0.271 e. The normalized spacial score (nSPS) is 17.1. The van der Waals surface area contributed by atoms with Gasteiger partial charge in [0.05, 0.1) is 6.33 Å². The van der Waals surface area contributed by atoms with E-state index < -0.39 is 0 Å². The zero-order valence-corrected chi connectivity index (χ0v) is 10.1. The third-order valence-electron chi connectivity index (χ3n) is 3.14. The third-order valence-corrected chi connectivity index (χ3v) is 3.33. The summed E-state index contributed by atoms with van der Waals surface area (Å²) in [6.07, 6.45) is 6.67. The fraction of sp³-hybridized carbons (Fsp3) is 0.636. The van der Waals surface area contributed by atoms with Gasteiger partial charge in [-0.1, -0.05) is 0 Å². The Morgan fingerprint density at radius 1 is 1.69 bits per heavy atom. The molecule has 0 aliphatic heterocycles. The Morgan fingerprint density at radius 3 is 2.94 bits per heavy atom. The highest BCUT2D eigenvalue weighted by Crippen LogP contribution is 2.48. The maximum atomic E-state index is 11.7. The molecule has 0 atom stereocenters.